The molecular formula is C22H27N7O3. The number of amides is 1. The summed E-state index contributed by atoms with van der Waals surface area (Å²) in [5.74, 6) is 1.56. The summed E-state index contributed by atoms with van der Waals surface area (Å²) in [4.78, 5) is 16.5. The molecule has 0 saturated heterocycles. The number of aromatic nitrogens is 5. The van der Waals surface area contributed by atoms with Crippen molar-refractivity contribution in [2.45, 2.75) is 75.0 Å². The van der Waals surface area contributed by atoms with Crippen molar-refractivity contribution >= 4 is 23.2 Å². The Kier molecular flexibility index (Phi) is 4.23. The maximum absolute atomic E-state index is 12.1. The van der Waals surface area contributed by atoms with Gasteiger partial charge in [-0.3, -0.25) is 5.10 Å². The van der Waals surface area contributed by atoms with Crippen molar-refractivity contribution in [3.05, 3.63) is 35.9 Å². The number of nitrogens with one attached hydrogen (secondary N) is 3. The maximum Gasteiger partial charge on any atom is 0.407 e. The van der Waals surface area contributed by atoms with Crippen molar-refractivity contribution in [1.29, 1.82) is 0 Å². The van der Waals surface area contributed by atoms with Gasteiger partial charge in [-0.2, -0.15) is 10.2 Å². The molecule has 6 rings (SSSR count). The molecule has 3 fully saturated rings. The number of nitrogens with zero attached hydrogens (tertiary/aromatic N) is 4. The minimum absolute atomic E-state index is 0.0668. The summed E-state index contributed by atoms with van der Waals surface area (Å²) >= 11 is 0. The molecule has 2 unspecified atom stereocenters. The second-order valence-electron chi connectivity index (χ2n) is 9.72. The number of H-pyrrole nitrogens is 1. The molecule has 1 amide bonds. The van der Waals surface area contributed by atoms with Crippen LogP contribution in [0.1, 0.15) is 69.2 Å². The van der Waals surface area contributed by atoms with Gasteiger partial charge in [0.2, 0.25) is 0 Å². The van der Waals surface area contributed by atoms with Crippen LogP contribution < -0.4 is 10.6 Å². The molecule has 3 saturated carbocycles. The zero-order valence-electron chi connectivity index (χ0n) is 18.0. The number of aliphatic hydroxyl groups is 1. The van der Waals surface area contributed by atoms with E-state index in [4.69, 9.17) is 4.74 Å². The molecule has 3 aromatic rings. The summed E-state index contributed by atoms with van der Waals surface area (Å²) in [6.45, 7) is 2.04. The predicted octanol–water partition coefficient (Wildman–Crippen LogP) is 3.09. The van der Waals surface area contributed by atoms with Gasteiger partial charge < -0.3 is 20.5 Å². The second kappa shape index (κ2) is 6.93. The van der Waals surface area contributed by atoms with Crippen molar-refractivity contribution in [3.63, 3.8) is 0 Å². The first-order valence-electron chi connectivity index (χ1n) is 11.3. The fraction of sp³-hybridized carbons (Fsp3) is 0.545. The van der Waals surface area contributed by atoms with Crippen LogP contribution in [-0.4, -0.2) is 47.6 Å². The lowest BCUT2D eigenvalue weighted by atomic mass is 10.0. The lowest BCUT2D eigenvalue weighted by Crippen LogP contribution is -2.36. The summed E-state index contributed by atoms with van der Waals surface area (Å²) in [7, 11) is 0. The van der Waals surface area contributed by atoms with Crippen LogP contribution in [0.4, 0.5) is 16.4 Å². The molecule has 3 aromatic heterocycles. The third-order valence-corrected chi connectivity index (χ3v) is 6.94. The van der Waals surface area contributed by atoms with Crippen molar-refractivity contribution in [1.82, 2.24) is 30.1 Å². The molecule has 10 heteroatoms. The number of carbonyl (C=O) groups excluding carboxylic acids is 1. The third-order valence-electron chi connectivity index (χ3n) is 6.94. The van der Waals surface area contributed by atoms with E-state index in [9.17, 15) is 9.90 Å². The fourth-order valence-electron chi connectivity index (χ4n) is 4.42. The van der Waals surface area contributed by atoms with Crippen molar-refractivity contribution in [3.8, 4) is 0 Å². The van der Waals surface area contributed by atoms with Gasteiger partial charge in [0.15, 0.2) is 11.6 Å². The van der Waals surface area contributed by atoms with Crippen LogP contribution in [0.2, 0.25) is 0 Å². The van der Waals surface area contributed by atoms with Crippen LogP contribution in [0.5, 0.6) is 0 Å². The molecule has 10 nitrogen and oxygen atoms in total. The number of fused-ring (bicyclic) bond motifs is 1. The van der Waals surface area contributed by atoms with E-state index in [1.807, 2.05) is 19.1 Å². The Morgan fingerprint density at radius 2 is 2.12 bits per heavy atom. The van der Waals surface area contributed by atoms with E-state index in [1.54, 1.807) is 16.9 Å². The van der Waals surface area contributed by atoms with E-state index in [1.165, 1.54) is 0 Å². The van der Waals surface area contributed by atoms with Gasteiger partial charge in [-0.1, -0.05) is 0 Å². The molecule has 4 N–H and O–H groups in total. The largest absolute Gasteiger partial charge is 0.446 e. The average Bonchev–Trinajstić information content (AvgIpc) is 3.41. The van der Waals surface area contributed by atoms with Crippen LogP contribution >= 0.6 is 0 Å². The van der Waals surface area contributed by atoms with Gasteiger partial charge in [-0.25, -0.2) is 14.3 Å². The highest BCUT2D eigenvalue weighted by molar-refractivity contribution is 5.72. The van der Waals surface area contributed by atoms with E-state index in [2.05, 4.69) is 30.9 Å². The minimum Gasteiger partial charge on any atom is -0.446 e. The number of carbonyl (C=O) groups is 1. The molecule has 0 bridgehead atoms. The molecule has 0 radical (unpaired) electrons. The summed E-state index contributed by atoms with van der Waals surface area (Å²) in [5, 5.41) is 28.6. The van der Waals surface area contributed by atoms with E-state index in [0.717, 1.165) is 56.2 Å². The predicted molar refractivity (Wildman–Crippen MR) is 116 cm³/mol. The highest BCUT2D eigenvalue weighted by Gasteiger charge is 2.44. The number of anilines is 2. The lowest BCUT2D eigenvalue weighted by Gasteiger charge is -2.16. The van der Waals surface area contributed by atoms with Crippen molar-refractivity contribution in [2.75, 3.05) is 5.32 Å². The normalized spacial score (nSPS) is 24.9. The molecule has 0 aliphatic heterocycles. The zero-order valence-corrected chi connectivity index (χ0v) is 18.0. The molecule has 3 aliphatic carbocycles. The van der Waals surface area contributed by atoms with Gasteiger partial charge in [0.25, 0.3) is 0 Å². The number of hydrogen-bond acceptors (Lipinski definition) is 7. The van der Waals surface area contributed by atoms with Crippen LogP contribution in [0.25, 0.3) is 5.52 Å². The van der Waals surface area contributed by atoms with Gasteiger partial charge in [0.05, 0.1) is 5.69 Å². The Balaban J connectivity index is 1.11. The number of alkyl carbamates (subject to hydrolysis) is 1. The summed E-state index contributed by atoms with van der Waals surface area (Å²) in [6, 6.07) is 3.86. The lowest BCUT2D eigenvalue weighted by molar-refractivity contribution is 0.0967. The highest BCUT2D eigenvalue weighted by Crippen LogP contribution is 2.45. The Morgan fingerprint density at radius 3 is 2.91 bits per heavy atom. The first-order valence-corrected chi connectivity index (χ1v) is 11.3. The Bertz CT molecular complexity index is 1180. The molecule has 0 aromatic carbocycles. The van der Waals surface area contributed by atoms with Gasteiger partial charge in [-0.15, -0.1) is 0 Å². The van der Waals surface area contributed by atoms with Gasteiger partial charge >= 0.3 is 6.09 Å². The molecular weight excluding hydrogens is 410 g/mol. The Labute approximate surface area is 184 Å². The van der Waals surface area contributed by atoms with Gasteiger partial charge in [0, 0.05) is 35.6 Å². The van der Waals surface area contributed by atoms with Gasteiger partial charge in [-0.05, 0) is 57.9 Å². The minimum atomic E-state index is -0.794. The van der Waals surface area contributed by atoms with Crippen molar-refractivity contribution < 1.29 is 14.6 Å². The molecule has 168 valence electrons. The maximum atomic E-state index is 12.1. The first-order chi connectivity index (χ1) is 15.4. The fourth-order valence-corrected chi connectivity index (χ4v) is 4.42. The Morgan fingerprint density at radius 1 is 1.28 bits per heavy atom. The van der Waals surface area contributed by atoms with Crippen molar-refractivity contribution in [2.24, 2.45) is 0 Å². The van der Waals surface area contributed by atoms with Crippen LogP contribution in [0.15, 0.2) is 24.5 Å². The molecule has 32 heavy (non-hydrogen) atoms. The molecule has 3 heterocycles. The number of aromatic amines is 1. The second-order valence-corrected chi connectivity index (χ2v) is 9.72. The summed E-state index contributed by atoms with van der Waals surface area (Å²) < 4.78 is 7.35. The number of rotatable bonds is 6. The third kappa shape index (κ3) is 3.68. The Hall–Kier alpha value is -3.14. The monoisotopic (exact) mass is 437 g/mol. The van der Waals surface area contributed by atoms with Gasteiger partial charge in [0.1, 0.15) is 17.2 Å². The van der Waals surface area contributed by atoms with Crippen LogP contribution in [0.3, 0.4) is 0 Å². The topological polar surface area (TPSA) is 129 Å². The SMILES string of the molecule is CC1(NC(=O)OC2CCC(c3cc(Nc4nccn5nc(C6(O)CC6)cc45)n[nH]3)C2)CC1. The van der Waals surface area contributed by atoms with Crippen LogP contribution in [0, 0.1) is 0 Å². The zero-order chi connectivity index (χ0) is 21.9. The molecule has 2 atom stereocenters. The number of ether oxygens (including phenoxy) is 1. The smallest absolute Gasteiger partial charge is 0.407 e. The molecule has 0 spiro atoms. The standard InChI is InChI=1S/C22H27N7O3/c1-21(4-5-21)25-20(30)32-14-3-2-13(10-14)15-11-18(27-26-15)24-19-16-12-17(22(31)6-7-22)28-29(16)9-8-23-19/h8-9,11-14,31H,2-7,10H2,1H3,(H,25,30)(H2,23,24,26,27). The average molecular weight is 438 g/mol. The molecule has 3 aliphatic rings. The highest BCUT2D eigenvalue weighted by atomic mass is 16.6. The first kappa shape index (κ1) is 19.5. The summed E-state index contributed by atoms with van der Waals surface area (Å²) in [5.41, 5.74) is 1.62. The van der Waals surface area contributed by atoms with E-state index in [0.29, 0.717) is 17.3 Å². The summed E-state index contributed by atoms with van der Waals surface area (Å²) in [6.07, 6.45) is 9.14. The quantitative estimate of drug-likeness (QED) is 0.466. The number of hydrogen-bond donors (Lipinski definition) is 4. The van der Waals surface area contributed by atoms with E-state index >= 15 is 0 Å². The van der Waals surface area contributed by atoms with E-state index < -0.39 is 5.60 Å². The van der Waals surface area contributed by atoms with E-state index in [-0.39, 0.29) is 23.7 Å². The van der Waals surface area contributed by atoms with Crippen LogP contribution in [-0.2, 0) is 10.3 Å².